The molecule has 1 heterocycles. The molecule has 35 heavy (non-hydrogen) atoms. The number of nitrogens with zero attached hydrogens (tertiary/aromatic N) is 1. The quantitative estimate of drug-likeness (QED) is 0.343. The lowest BCUT2D eigenvalue weighted by Crippen LogP contribution is -2.11. The molecule has 1 aromatic heterocycles. The van der Waals surface area contributed by atoms with Crippen LogP contribution < -0.4 is 19.5 Å². The summed E-state index contributed by atoms with van der Waals surface area (Å²) in [7, 11) is 3.22. The molecule has 0 aliphatic heterocycles. The third kappa shape index (κ3) is 6.09. The van der Waals surface area contributed by atoms with E-state index in [0.29, 0.717) is 41.7 Å². The summed E-state index contributed by atoms with van der Waals surface area (Å²) < 4.78 is 16.5. The third-order valence-electron chi connectivity index (χ3n) is 5.36. The summed E-state index contributed by atoms with van der Waals surface area (Å²) in [5.74, 6) is 1.74. The van der Waals surface area contributed by atoms with Crippen molar-refractivity contribution in [3.63, 3.8) is 0 Å². The predicted octanol–water partition coefficient (Wildman–Crippen LogP) is 5.35. The van der Waals surface area contributed by atoms with Crippen LogP contribution in [0.4, 0.5) is 5.69 Å². The van der Waals surface area contributed by atoms with E-state index in [1.165, 1.54) is 12.1 Å². The van der Waals surface area contributed by atoms with Gasteiger partial charge in [0.2, 0.25) is 5.88 Å². The van der Waals surface area contributed by atoms with Crippen LogP contribution in [0.15, 0.2) is 84.9 Å². The highest BCUT2D eigenvalue weighted by Gasteiger charge is 2.09. The molecular weight excluding hydrogens is 444 g/mol. The van der Waals surface area contributed by atoms with Crippen LogP contribution in [0.1, 0.15) is 15.9 Å². The molecule has 0 atom stereocenters. The average Bonchev–Trinajstić information content (AvgIpc) is 2.89. The fourth-order valence-electron chi connectivity index (χ4n) is 3.54. The van der Waals surface area contributed by atoms with Crippen LogP contribution in [0.5, 0.6) is 23.1 Å². The van der Waals surface area contributed by atoms with Gasteiger partial charge in [0.25, 0.3) is 5.91 Å². The molecule has 0 saturated heterocycles. The van der Waals surface area contributed by atoms with Crippen molar-refractivity contribution >= 4 is 11.6 Å². The lowest BCUT2D eigenvalue weighted by molar-refractivity contribution is 0.102. The first kappa shape index (κ1) is 23.6. The van der Waals surface area contributed by atoms with Crippen molar-refractivity contribution in [1.29, 1.82) is 0 Å². The van der Waals surface area contributed by atoms with Crippen molar-refractivity contribution in [3.05, 3.63) is 96.1 Å². The Morgan fingerprint density at radius 1 is 0.886 bits per heavy atom. The smallest absolute Gasteiger partial charge is 0.255 e. The highest BCUT2D eigenvalue weighted by molar-refractivity contribution is 6.04. The molecule has 4 rings (SSSR count). The van der Waals surface area contributed by atoms with Crippen LogP contribution in [-0.4, -0.2) is 36.8 Å². The molecule has 178 valence electrons. The van der Waals surface area contributed by atoms with Gasteiger partial charge < -0.3 is 24.6 Å². The summed E-state index contributed by atoms with van der Waals surface area (Å²) >= 11 is 0. The zero-order valence-corrected chi connectivity index (χ0v) is 19.5. The van der Waals surface area contributed by atoms with Gasteiger partial charge in [-0.25, -0.2) is 4.98 Å². The fraction of sp³-hybridized carbons (Fsp3) is 0.143. The van der Waals surface area contributed by atoms with Gasteiger partial charge in [0, 0.05) is 29.3 Å². The molecule has 0 spiro atoms. The molecule has 0 unspecified atom stereocenters. The molecule has 0 fully saturated rings. The molecule has 0 radical (unpaired) electrons. The largest absolute Gasteiger partial charge is 0.508 e. The van der Waals surface area contributed by atoms with E-state index in [4.69, 9.17) is 14.2 Å². The molecule has 0 saturated carbocycles. The fourth-order valence-corrected chi connectivity index (χ4v) is 3.54. The van der Waals surface area contributed by atoms with E-state index in [2.05, 4.69) is 10.3 Å². The first-order valence-corrected chi connectivity index (χ1v) is 11.1. The van der Waals surface area contributed by atoms with Gasteiger partial charge in [-0.3, -0.25) is 4.79 Å². The minimum Gasteiger partial charge on any atom is -0.508 e. The number of hydrogen-bond donors (Lipinski definition) is 2. The first-order valence-electron chi connectivity index (χ1n) is 11.1. The summed E-state index contributed by atoms with van der Waals surface area (Å²) in [6.07, 6.45) is 0.686. The van der Waals surface area contributed by atoms with Crippen LogP contribution in [-0.2, 0) is 6.42 Å². The van der Waals surface area contributed by atoms with E-state index in [0.717, 1.165) is 16.8 Å². The first-order chi connectivity index (χ1) is 17.1. The summed E-state index contributed by atoms with van der Waals surface area (Å²) in [6, 6.07) is 24.9. The zero-order valence-electron chi connectivity index (χ0n) is 19.5. The molecule has 0 aliphatic rings. The van der Waals surface area contributed by atoms with Gasteiger partial charge in [0.05, 0.1) is 26.5 Å². The van der Waals surface area contributed by atoms with Gasteiger partial charge in [-0.05, 0) is 60.2 Å². The minimum absolute atomic E-state index is 0.112. The molecule has 7 nitrogen and oxygen atoms in total. The van der Waals surface area contributed by atoms with Crippen molar-refractivity contribution in [2.24, 2.45) is 0 Å². The number of phenols is 1. The maximum absolute atomic E-state index is 12.5. The van der Waals surface area contributed by atoms with E-state index >= 15 is 0 Å². The Morgan fingerprint density at radius 3 is 2.43 bits per heavy atom. The van der Waals surface area contributed by atoms with Crippen LogP contribution in [0, 0.1) is 0 Å². The monoisotopic (exact) mass is 470 g/mol. The summed E-state index contributed by atoms with van der Waals surface area (Å²) in [5, 5.41) is 12.3. The molecule has 1 amide bonds. The van der Waals surface area contributed by atoms with Crippen molar-refractivity contribution in [2.45, 2.75) is 6.42 Å². The topological polar surface area (TPSA) is 89.9 Å². The number of ether oxygens (including phenoxy) is 3. The molecule has 4 aromatic rings. The van der Waals surface area contributed by atoms with Gasteiger partial charge in [-0.2, -0.15) is 0 Å². The van der Waals surface area contributed by atoms with Gasteiger partial charge in [-0.1, -0.05) is 24.3 Å². The number of phenolic OH excluding ortho intramolecular Hbond substituents is 1. The Bertz CT molecular complexity index is 1300. The Kier molecular flexibility index (Phi) is 7.47. The summed E-state index contributed by atoms with van der Waals surface area (Å²) in [5.41, 5.74) is 3.74. The number of aromatic hydroxyl groups is 1. The number of pyridine rings is 1. The van der Waals surface area contributed by atoms with Crippen molar-refractivity contribution < 1.29 is 24.1 Å². The van der Waals surface area contributed by atoms with Gasteiger partial charge in [0.15, 0.2) is 11.5 Å². The van der Waals surface area contributed by atoms with E-state index < -0.39 is 0 Å². The molecular formula is C28H26N2O5. The number of benzene rings is 3. The van der Waals surface area contributed by atoms with Gasteiger partial charge in [0.1, 0.15) is 5.75 Å². The lowest BCUT2D eigenvalue weighted by Gasteiger charge is -2.11. The van der Waals surface area contributed by atoms with E-state index in [-0.39, 0.29) is 11.7 Å². The minimum atomic E-state index is -0.262. The number of anilines is 1. The number of aromatic nitrogens is 1. The van der Waals surface area contributed by atoms with E-state index in [1.807, 2.05) is 60.7 Å². The van der Waals surface area contributed by atoms with E-state index in [9.17, 15) is 9.90 Å². The van der Waals surface area contributed by atoms with Crippen LogP contribution in [0.25, 0.3) is 11.3 Å². The van der Waals surface area contributed by atoms with Crippen LogP contribution in [0.3, 0.4) is 0 Å². The number of methoxy groups -OCH3 is 2. The third-order valence-corrected chi connectivity index (χ3v) is 5.36. The number of hydrogen-bond acceptors (Lipinski definition) is 6. The van der Waals surface area contributed by atoms with Crippen molar-refractivity contribution in [3.8, 4) is 34.4 Å². The predicted molar refractivity (Wildman–Crippen MR) is 134 cm³/mol. The van der Waals surface area contributed by atoms with Gasteiger partial charge in [-0.15, -0.1) is 0 Å². The summed E-state index contributed by atoms with van der Waals surface area (Å²) in [6.45, 7) is 0.453. The Labute approximate surface area is 203 Å². The second-order valence-corrected chi connectivity index (χ2v) is 7.73. The second kappa shape index (κ2) is 11.1. The number of amides is 1. The molecule has 0 bridgehead atoms. The number of carbonyl (C=O) groups excluding carboxylic acids is 1. The highest BCUT2D eigenvalue weighted by atomic mass is 16.5. The maximum atomic E-state index is 12.5. The molecule has 3 aromatic carbocycles. The van der Waals surface area contributed by atoms with Gasteiger partial charge >= 0.3 is 0 Å². The molecule has 7 heteroatoms. The Morgan fingerprint density at radius 2 is 1.66 bits per heavy atom. The maximum Gasteiger partial charge on any atom is 0.255 e. The number of nitrogens with one attached hydrogen (secondary N) is 1. The number of rotatable bonds is 9. The Balaban J connectivity index is 1.40. The Hall–Kier alpha value is -4.52. The van der Waals surface area contributed by atoms with Crippen molar-refractivity contribution in [1.82, 2.24) is 4.98 Å². The van der Waals surface area contributed by atoms with Crippen LogP contribution in [0.2, 0.25) is 0 Å². The van der Waals surface area contributed by atoms with Crippen molar-refractivity contribution in [2.75, 3.05) is 26.1 Å². The summed E-state index contributed by atoms with van der Waals surface area (Å²) in [4.78, 5) is 17.1. The van der Waals surface area contributed by atoms with E-state index in [1.54, 1.807) is 26.4 Å². The average molecular weight is 471 g/mol. The SMILES string of the molecule is COc1ccc(CCOc2cccc(-c3cccc(NC(=O)c4ccc(O)cc4)c3)n2)cc1OC. The lowest BCUT2D eigenvalue weighted by atomic mass is 10.1. The molecule has 0 aliphatic carbocycles. The second-order valence-electron chi connectivity index (χ2n) is 7.73. The normalized spacial score (nSPS) is 10.5. The number of carbonyl (C=O) groups is 1. The van der Waals surface area contributed by atoms with Crippen LogP contribution >= 0.6 is 0 Å². The standard InChI is InChI=1S/C28H26N2O5/c1-33-25-14-9-19(17-26(25)34-2)15-16-35-27-8-4-7-24(30-27)21-5-3-6-22(18-21)29-28(32)20-10-12-23(31)13-11-20/h3-14,17-18,31H,15-16H2,1-2H3,(H,29,32). The highest BCUT2D eigenvalue weighted by Crippen LogP contribution is 2.28. The molecule has 2 N–H and O–H groups in total. The zero-order chi connectivity index (χ0) is 24.6.